The largest absolute Gasteiger partial charge is 4.00 e. The van der Waals surface area contributed by atoms with Crippen molar-refractivity contribution in [3.05, 3.63) is 0 Å². The summed E-state index contributed by atoms with van der Waals surface area (Å²) in [6.07, 6.45) is 0. The molecule has 0 aromatic heterocycles. The Hall–Kier alpha value is 9.01. The van der Waals surface area contributed by atoms with Crippen molar-refractivity contribution < 1.29 is 142 Å². The topological polar surface area (TPSA) is 0 Å². The van der Waals surface area contributed by atoms with Crippen LogP contribution in [0.15, 0.2) is 0 Å². The predicted octanol–water partition coefficient (Wildman–Crippen LogP) is 8.60. The van der Waals surface area contributed by atoms with E-state index in [1.54, 1.807) is 0 Å². The molecule has 0 bridgehead atoms. The van der Waals surface area contributed by atoms with E-state index in [1.807, 2.05) is 0 Å². The van der Waals surface area contributed by atoms with Crippen LogP contribution in [0.3, 0.4) is 0 Å². The maximum absolute atomic E-state index is 0. The van der Waals surface area contributed by atoms with E-state index in [4.69, 9.17) is 0 Å². The Kier molecular flexibility index (Phi) is 1740. The molecule has 0 aliphatic carbocycles. The summed E-state index contributed by atoms with van der Waals surface area (Å²) in [5.41, 5.74) is 0. The standard InChI is InChI=1S/3Mo.10P.3Zr/q;;;10*-3;3*+4. The molecular formula is Mo3P10Zr3-18. The van der Waals surface area contributed by atoms with Gasteiger partial charge in [0.2, 0.25) is 0 Å². The van der Waals surface area contributed by atoms with Gasteiger partial charge in [-0.25, -0.2) is 0 Å². The monoisotopic (exact) mass is 873 g/mol. The molecule has 0 atom stereocenters. The van der Waals surface area contributed by atoms with Gasteiger partial charge in [-0.05, 0) is 0 Å². The van der Waals surface area contributed by atoms with Crippen LogP contribution < -0.4 is 0 Å². The van der Waals surface area contributed by atoms with Gasteiger partial charge in [-0.3, -0.25) is 0 Å². The first kappa shape index (κ1) is 178. The maximum atomic E-state index is 0. The summed E-state index contributed by atoms with van der Waals surface area (Å²) in [6, 6.07) is 0. The molecule has 0 amide bonds. The van der Waals surface area contributed by atoms with Gasteiger partial charge in [0.25, 0.3) is 0 Å². The Morgan fingerprint density at radius 1 is 0.188 bits per heavy atom. The van der Waals surface area contributed by atoms with Crippen LogP contribution in [0.1, 0.15) is 0 Å². The molecule has 0 saturated carbocycles. The fraction of sp³-hybridized carbons (Fsp3) is 0. The van der Waals surface area contributed by atoms with Crippen LogP contribution in [0, 0.1) is 0 Å². The minimum atomic E-state index is 0. The fourth-order valence-electron chi connectivity index (χ4n) is 0. The van der Waals surface area contributed by atoms with Gasteiger partial charge in [-0.2, -0.15) is 0 Å². The Morgan fingerprint density at radius 2 is 0.188 bits per heavy atom. The molecule has 0 spiro atoms. The molecule has 0 aliphatic rings. The van der Waals surface area contributed by atoms with Crippen LogP contribution in [-0.2, 0) is 142 Å². The molecule has 0 fully saturated rings. The van der Waals surface area contributed by atoms with Gasteiger partial charge in [-0.1, -0.05) is 0 Å². The molecule has 0 aromatic carbocycles. The Balaban J connectivity index is 0. The zero-order valence-corrected chi connectivity index (χ0v) is 29.5. The third kappa shape index (κ3) is 137. The van der Waals surface area contributed by atoms with Crippen molar-refractivity contribution in [2.24, 2.45) is 0 Å². The van der Waals surface area contributed by atoms with Crippen molar-refractivity contribution in [3.8, 4) is 0 Å². The minimum absolute atomic E-state index is 0. The van der Waals surface area contributed by atoms with E-state index in [0.29, 0.717) is 0 Å². The molecular weight excluding hydrogens is 871 g/mol. The quantitative estimate of drug-likeness (QED) is 0.169. The minimum Gasteiger partial charge on any atom is -3.00 e. The molecule has 16 heavy (non-hydrogen) atoms. The molecule has 98 valence electrons. The first-order valence-corrected chi connectivity index (χ1v) is 0. The summed E-state index contributed by atoms with van der Waals surface area (Å²) in [4.78, 5) is 0. The number of hydrogen-bond acceptors (Lipinski definition) is 0. The summed E-state index contributed by atoms with van der Waals surface area (Å²) >= 11 is 0. The van der Waals surface area contributed by atoms with Crippen LogP contribution >= 0.6 is 99.0 Å². The second-order valence-corrected chi connectivity index (χ2v) is 0. The summed E-state index contributed by atoms with van der Waals surface area (Å²) in [7, 11) is 0. The van der Waals surface area contributed by atoms with E-state index < -0.39 is 0 Å². The van der Waals surface area contributed by atoms with Gasteiger partial charge in [-0.15, -0.1) is 0 Å². The Labute approximate surface area is 236 Å². The normalized spacial score (nSPS) is 0. The van der Waals surface area contributed by atoms with Gasteiger partial charge in [0.15, 0.2) is 0 Å². The van der Waals surface area contributed by atoms with Crippen LogP contribution in [-0.4, -0.2) is 0 Å². The average Bonchev–Trinajstić information content (AvgIpc) is 0. The Bertz CT molecular complexity index is 21.3. The third-order valence-corrected chi connectivity index (χ3v) is 0. The van der Waals surface area contributed by atoms with Crippen LogP contribution in [0.5, 0.6) is 0 Å². The molecule has 0 saturated heterocycles. The van der Waals surface area contributed by atoms with E-state index >= 15 is 0 Å². The van der Waals surface area contributed by atoms with Crippen molar-refractivity contribution >= 4 is 99.0 Å². The zero-order valence-electron chi connectivity index (χ0n) is 7.20. The smallest absolute Gasteiger partial charge is 3.00 e. The molecule has 0 aromatic rings. The first-order valence-electron chi connectivity index (χ1n) is 0. The predicted molar refractivity (Wildman–Crippen MR) is 69.2 cm³/mol. The third-order valence-electron chi connectivity index (χ3n) is 0. The summed E-state index contributed by atoms with van der Waals surface area (Å²) in [5.74, 6) is 0. The van der Waals surface area contributed by atoms with E-state index in [0.717, 1.165) is 0 Å². The van der Waals surface area contributed by atoms with Crippen LogP contribution in [0.4, 0.5) is 0 Å². The summed E-state index contributed by atoms with van der Waals surface area (Å²) in [6.45, 7) is 0. The molecule has 0 radical (unpaired) electrons. The van der Waals surface area contributed by atoms with E-state index in [2.05, 4.69) is 0 Å². The Morgan fingerprint density at radius 3 is 0.188 bits per heavy atom. The summed E-state index contributed by atoms with van der Waals surface area (Å²) in [5, 5.41) is 0. The zero-order chi connectivity index (χ0) is 0. The molecule has 0 N–H and O–H groups in total. The molecule has 0 rings (SSSR count). The van der Waals surface area contributed by atoms with Crippen molar-refractivity contribution in [1.29, 1.82) is 0 Å². The fourth-order valence-corrected chi connectivity index (χ4v) is 0. The average molecular weight is 871 g/mol. The van der Waals surface area contributed by atoms with Gasteiger partial charge >= 0.3 is 78.6 Å². The van der Waals surface area contributed by atoms with E-state index in [-0.39, 0.29) is 241 Å². The van der Waals surface area contributed by atoms with Gasteiger partial charge < -0.3 is 99.0 Å². The molecule has 16 heteroatoms. The van der Waals surface area contributed by atoms with Crippen molar-refractivity contribution in [2.75, 3.05) is 0 Å². The number of rotatable bonds is 0. The SMILES string of the molecule is [Mo].[Mo].[Mo].[P-3].[P-3].[P-3].[P-3].[P-3].[P-3].[P-3].[P-3].[P-3].[P-3].[Zr+4].[Zr+4].[Zr+4]. The van der Waals surface area contributed by atoms with Gasteiger partial charge in [0.1, 0.15) is 0 Å². The number of hydrogen-bond donors (Lipinski definition) is 0. The molecule has 0 unspecified atom stereocenters. The van der Waals surface area contributed by atoms with E-state index in [9.17, 15) is 0 Å². The summed E-state index contributed by atoms with van der Waals surface area (Å²) < 4.78 is 0. The van der Waals surface area contributed by atoms with Crippen molar-refractivity contribution in [1.82, 2.24) is 0 Å². The van der Waals surface area contributed by atoms with Crippen molar-refractivity contribution in [3.63, 3.8) is 0 Å². The van der Waals surface area contributed by atoms with Crippen LogP contribution in [0.2, 0.25) is 0 Å². The molecule has 0 nitrogen and oxygen atoms in total. The van der Waals surface area contributed by atoms with Gasteiger partial charge in [0.05, 0.1) is 0 Å². The maximum Gasteiger partial charge on any atom is 4.00 e. The molecule has 0 aliphatic heterocycles. The molecule has 0 heterocycles. The van der Waals surface area contributed by atoms with Crippen molar-refractivity contribution in [2.45, 2.75) is 0 Å². The second kappa shape index (κ2) is 157. The van der Waals surface area contributed by atoms with E-state index in [1.165, 1.54) is 0 Å². The second-order valence-electron chi connectivity index (χ2n) is 0. The first-order chi connectivity index (χ1) is 0. The van der Waals surface area contributed by atoms with Gasteiger partial charge in [0, 0.05) is 63.2 Å². The van der Waals surface area contributed by atoms with Crippen LogP contribution in [0.25, 0.3) is 0 Å².